The lowest BCUT2D eigenvalue weighted by Crippen LogP contribution is -2.44. The first kappa shape index (κ1) is 14.1. The third-order valence-electron chi connectivity index (χ3n) is 3.91. The molecule has 0 spiro atoms. The maximum atomic E-state index is 11.6. The van der Waals surface area contributed by atoms with Gasteiger partial charge in [0.25, 0.3) is 0 Å². The van der Waals surface area contributed by atoms with Gasteiger partial charge in [-0.05, 0) is 35.2 Å². The quantitative estimate of drug-likeness (QED) is 0.945. The van der Waals surface area contributed by atoms with Crippen LogP contribution in [0.3, 0.4) is 0 Å². The number of carboxylic acids is 1. The maximum absolute atomic E-state index is 11.6. The second-order valence-corrected chi connectivity index (χ2v) is 5.80. The summed E-state index contributed by atoms with van der Waals surface area (Å²) in [5.74, 6) is -0.772. The predicted octanol–water partition coefficient (Wildman–Crippen LogP) is 3.35. The van der Waals surface area contributed by atoms with Crippen molar-refractivity contribution in [2.24, 2.45) is 0 Å². The Balaban J connectivity index is 1.87. The van der Waals surface area contributed by atoms with Crippen molar-refractivity contribution in [2.45, 2.75) is 25.6 Å². The van der Waals surface area contributed by atoms with Gasteiger partial charge in [-0.1, -0.05) is 48.0 Å². The zero-order valence-electron chi connectivity index (χ0n) is 11.5. The molecule has 0 unspecified atom stereocenters. The molecule has 1 N–H and O–H groups in total. The van der Waals surface area contributed by atoms with E-state index in [9.17, 15) is 9.90 Å². The van der Waals surface area contributed by atoms with Crippen LogP contribution in [0.25, 0.3) is 0 Å². The summed E-state index contributed by atoms with van der Waals surface area (Å²) >= 11 is 6.01. The standard InChI is InChI=1S/C17H16ClNO2/c18-15-7-3-4-12(8-15)10-19-11-14-6-2-1-5-13(14)9-16(19)17(20)21/h1-8,16H,9-11H2,(H,20,21)/t16-/m0/s1. The van der Waals surface area contributed by atoms with Crippen LogP contribution in [0.4, 0.5) is 0 Å². The van der Waals surface area contributed by atoms with Gasteiger partial charge in [-0.3, -0.25) is 9.69 Å². The Morgan fingerprint density at radius 3 is 2.67 bits per heavy atom. The van der Waals surface area contributed by atoms with E-state index in [0.29, 0.717) is 24.5 Å². The van der Waals surface area contributed by atoms with Gasteiger partial charge in [0, 0.05) is 18.1 Å². The zero-order chi connectivity index (χ0) is 14.8. The van der Waals surface area contributed by atoms with Gasteiger partial charge in [0.15, 0.2) is 0 Å². The van der Waals surface area contributed by atoms with E-state index >= 15 is 0 Å². The first-order chi connectivity index (χ1) is 10.1. The fourth-order valence-electron chi connectivity index (χ4n) is 2.86. The number of halogens is 1. The van der Waals surface area contributed by atoms with Crippen molar-refractivity contribution in [3.63, 3.8) is 0 Å². The number of nitrogens with zero attached hydrogens (tertiary/aromatic N) is 1. The highest BCUT2D eigenvalue weighted by Crippen LogP contribution is 2.25. The van der Waals surface area contributed by atoms with Crippen LogP contribution >= 0.6 is 11.6 Å². The molecule has 0 aliphatic carbocycles. The molecule has 0 bridgehead atoms. The van der Waals surface area contributed by atoms with Crippen molar-refractivity contribution < 1.29 is 9.90 Å². The van der Waals surface area contributed by atoms with Gasteiger partial charge in [0.1, 0.15) is 6.04 Å². The summed E-state index contributed by atoms with van der Waals surface area (Å²) < 4.78 is 0. The van der Waals surface area contributed by atoms with E-state index in [1.807, 2.05) is 47.4 Å². The van der Waals surface area contributed by atoms with Crippen molar-refractivity contribution in [2.75, 3.05) is 0 Å². The summed E-state index contributed by atoms with van der Waals surface area (Å²) in [7, 11) is 0. The molecular formula is C17H16ClNO2. The molecule has 2 aromatic rings. The van der Waals surface area contributed by atoms with Gasteiger partial charge in [-0.15, -0.1) is 0 Å². The molecule has 3 nitrogen and oxygen atoms in total. The zero-order valence-corrected chi connectivity index (χ0v) is 12.3. The second kappa shape index (κ2) is 5.88. The molecule has 0 fully saturated rings. The number of aliphatic carboxylic acids is 1. The maximum Gasteiger partial charge on any atom is 0.321 e. The fourth-order valence-corrected chi connectivity index (χ4v) is 3.07. The van der Waals surface area contributed by atoms with Crippen LogP contribution in [-0.2, 0) is 24.3 Å². The smallest absolute Gasteiger partial charge is 0.321 e. The monoisotopic (exact) mass is 301 g/mol. The van der Waals surface area contributed by atoms with Gasteiger partial charge < -0.3 is 5.11 Å². The first-order valence-corrected chi connectivity index (χ1v) is 7.29. The van der Waals surface area contributed by atoms with E-state index < -0.39 is 12.0 Å². The van der Waals surface area contributed by atoms with Crippen molar-refractivity contribution in [1.29, 1.82) is 0 Å². The van der Waals surface area contributed by atoms with Crippen LogP contribution in [0, 0.1) is 0 Å². The SMILES string of the molecule is O=C(O)[C@@H]1Cc2ccccc2CN1Cc1cccc(Cl)c1. The number of rotatable bonds is 3. The largest absolute Gasteiger partial charge is 0.480 e. The first-order valence-electron chi connectivity index (χ1n) is 6.91. The molecule has 108 valence electrons. The van der Waals surface area contributed by atoms with E-state index in [2.05, 4.69) is 6.07 Å². The average molecular weight is 302 g/mol. The number of carboxylic acid groups (broad SMARTS) is 1. The molecule has 0 radical (unpaired) electrons. The Morgan fingerprint density at radius 1 is 1.19 bits per heavy atom. The van der Waals surface area contributed by atoms with Gasteiger partial charge in [0.2, 0.25) is 0 Å². The third kappa shape index (κ3) is 3.09. The molecule has 0 saturated heterocycles. The van der Waals surface area contributed by atoms with Gasteiger partial charge in [-0.2, -0.15) is 0 Å². The highest BCUT2D eigenvalue weighted by molar-refractivity contribution is 6.30. The molecule has 0 aromatic heterocycles. The summed E-state index contributed by atoms with van der Waals surface area (Å²) in [6.07, 6.45) is 0.548. The molecule has 1 aliphatic heterocycles. The Kier molecular flexibility index (Phi) is 3.95. The minimum Gasteiger partial charge on any atom is -0.480 e. The molecule has 0 saturated carbocycles. The average Bonchev–Trinajstić information content (AvgIpc) is 2.46. The molecule has 4 heteroatoms. The van der Waals surface area contributed by atoms with Crippen molar-refractivity contribution in [1.82, 2.24) is 4.90 Å². The molecule has 3 rings (SSSR count). The normalized spacial score (nSPS) is 18.2. The molecule has 2 aromatic carbocycles. The third-order valence-corrected chi connectivity index (χ3v) is 4.14. The summed E-state index contributed by atoms with van der Waals surface area (Å²) in [6, 6.07) is 15.1. The van der Waals surface area contributed by atoms with E-state index in [1.165, 1.54) is 5.56 Å². The minimum absolute atomic E-state index is 0.487. The minimum atomic E-state index is -0.772. The Labute approximate surface area is 128 Å². The Morgan fingerprint density at radius 2 is 1.95 bits per heavy atom. The highest BCUT2D eigenvalue weighted by Gasteiger charge is 2.31. The van der Waals surface area contributed by atoms with Gasteiger partial charge in [0.05, 0.1) is 0 Å². The number of hydrogen-bond donors (Lipinski definition) is 1. The Hall–Kier alpha value is -1.84. The molecule has 1 atom stereocenters. The molecule has 1 heterocycles. The van der Waals surface area contributed by atoms with Gasteiger partial charge >= 0.3 is 5.97 Å². The lowest BCUT2D eigenvalue weighted by atomic mass is 9.93. The van der Waals surface area contributed by atoms with Crippen LogP contribution in [0.15, 0.2) is 48.5 Å². The number of carbonyl (C=O) groups is 1. The Bertz CT molecular complexity index is 671. The lowest BCUT2D eigenvalue weighted by Gasteiger charge is -2.34. The molecule has 21 heavy (non-hydrogen) atoms. The van der Waals surface area contributed by atoms with Crippen LogP contribution in [0.2, 0.25) is 5.02 Å². The highest BCUT2D eigenvalue weighted by atomic mass is 35.5. The number of benzene rings is 2. The van der Waals surface area contributed by atoms with E-state index in [0.717, 1.165) is 11.1 Å². The number of fused-ring (bicyclic) bond motifs is 1. The van der Waals surface area contributed by atoms with E-state index in [1.54, 1.807) is 0 Å². The van der Waals surface area contributed by atoms with Crippen LogP contribution in [0.1, 0.15) is 16.7 Å². The second-order valence-electron chi connectivity index (χ2n) is 5.36. The number of hydrogen-bond acceptors (Lipinski definition) is 2. The summed E-state index contributed by atoms with van der Waals surface area (Å²) in [5.41, 5.74) is 3.37. The van der Waals surface area contributed by atoms with Crippen molar-refractivity contribution >= 4 is 17.6 Å². The lowest BCUT2D eigenvalue weighted by molar-refractivity contribution is -0.144. The molecule has 1 aliphatic rings. The summed E-state index contributed by atoms with van der Waals surface area (Å²) in [4.78, 5) is 13.6. The predicted molar refractivity (Wildman–Crippen MR) is 82.3 cm³/mol. The van der Waals surface area contributed by atoms with E-state index in [4.69, 9.17) is 11.6 Å². The topological polar surface area (TPSA) is 40.5 Å². The van der Waals surface area contributed by atoms with Crippen LogP contribution in [-0.4, -0.2) is 22.0 Å². The van der Waals surface area contributed by atoms with E-state index in [-0.39, 0.29) is 0 Å². The fraction of sp³-hybridized carbons (Fsp3) is 0.235. The van der Waals surface area contributed by atoms with Crippen molar-refractivity contribution in [3.8, 4) is 0 Å². The van der Waals surface area contributed by atoms with Crippen LogP contribution < -0.4 is 0 Å². The van der Waals surface area contributed by atoms with Gasteiger partial charge in [-0.25, -0.2) is 0 Å². The molecular weight excluding hydrogens is 286 g/mol. The van der Waals surface area contributed by atoms with Crippen LogP contribution in [0.5, 0.6) is 0 Å². The summed E-state index contributed by atoms with van der Waals surface area (Å²) in [5, 5.41) is 10.2. The summed E-state index contributed by atoms with van der Waals surface area (Å²) in [6.45, 7) is 1.24. The molecule has 0 amide bonds. The van der Waals surface area contributed by atoms with Crippen molar-refractivity contribution in [3.05, 3.63) is 70.2 Å².